The van der Waals surface area contributed by atoms with Crippen LogP contribution in [0.25, 0.3) is 11.4 Å². The minimum atomic E-state index is -4.50. The third kappa shape index (κ3) is 9.13. The second-order valence-corrected chi connectivity index (χ2v) is 9.11. The zero-order valence-corrected chi connectivity index (χ0v) is 21.9. The van der Waals surface area contributed by atoms with Crippen LogP contribution in [-0.2, 0) is 11.0 Å². The molecule has 12 heteroatoms. The number of carboxylic acid groups (broad SMARTS) is 1. The number of nitrogens with one attached hydrogen (secondary N) is 2. The lowest BCUT2D eigenvalue weighted by Crippen LogP contribution is -2.27. The first-order valence-electron chi connectivity index (χ1n) is 12.3. The Morgan fingerprint density at radius 3 is 2.38 bits per heavy atom. The molecule has 0 bridgehead atoms. The molecular weight excluding hydrogens is 537 g/mol. The van der Waals surface area contributed by atoms with Gasteiger partial charge >= 0.3 is 12.1 Å². The van der Waals surface area contributed by atoms with Gasteiger partial charge in [0.1, 0.15) is 6.61 Å². The maximum Gasteiger partial charge on any atom is 0.416 e. The van der Waals surface area contributed by atoms with Crippen molar-refractivity contribution in [2.45, 2.75) is 44.8 Å². The Kier molecular flexibility index (Phi) is 10.5. The van der Waals surface area contributed by atoms with Gasteiger partial charge in [-0.25, -0.2) is 9.97 Å². The molecule has 3 rings (SSSR count). The summed E-state index contributed by atoms with van der Waals surface area (Å²) in [5.74, 6) is -0.775. The Morgan fingerprint density at radius 1 is 1.10 bits per heavy atom. The lowest BCUT2D eigenvalue weighted by Gasteiger charge is -2.20. The van der Waals surface area contributed by atoms with Crippen molar-refractivity contribution >= 4 is 29.2 Å². The molecule has 3 aromatic rings. The maximum atomic E-state index is 12.9. The summed E-state index contributed by atoms with van der Waals surface area (Å²) in [7, 11) is 0. The van der Waals surface area contributed by atoms with E-state index in [4.69, 9.17) is 21.4 Å². The molecule has 1 amide bonds. The van der Waals surface area contributed by atoms with Crippen molar-refractivity contribution in [3.05, 3.63) is 71.0 Å². The van der Waals surface area contributed by atoms with Crippen molar-refractivity contribution in [1.82, 2.24) is 15.3 Å². The van der Waals surface area contributed by atoms with Crippen molar-refractivity contribution in [3.8, 4) is 17.1 Å². The maximum absolute atomic E-state index is 12.9. The number of carbonyl (C=O) groups excluding carboxylic acids is 1. The number of ether oxygens (including phenoxy) is 1. The third-order valence-corrected chi connectivity index (χ3v) is 5.98. The van der Waals surface area contributed by atoms with E-state index in [-0.39, 0.29) is 41.3 Å². The van der Waals surface area contributed by atoms with E-state index in [2.05, 4.69) is 27.5 Å². The van der Waals surface area contributed by atoms with Crippen LogP contribution >= 0.6 is 11.6 Å². The first kappa shape index (κ1) is 29.7. The van der Waals surface area contributed by atoms with Gasteiger partial charge in [-0.3, -0.25) is 9.59 Å². The Bertz CT molecular complexity index is 1260. The number of amides is 1. The predicted octanol–water partition coefficient (Wildman–Crippen LogP) is 6.07. The predicted molar refractivity (Wildman–Crippen MR) is 141 cm³/mol. The van der Waals surface area contributed by atoms with Crippen LogP contribution in [0.3, 0.4) is 0 Å². The van der Waals surface area contributed by atoms with Crippen LogP contribution in [0.15, 0.2) is 54.9 Å². The monoisotopic (exact) mass is 564 g/mol. The standard InChI is InChI=1S/C27H28ClF3N4O4/c1-2-3-4-20(35-19-8-5-17(6-9-19)26(38)32-12-11-24(36)37)16-39-21-14-33-25(34-15-21)22-10-7-18(13-23(22)28)27(29,30)31/h5-10,13-15,20,35H,2-4,11-12,16H2,1H3,(H,32,38)(H,36,37). The SMILES string of the molecule is CCCCC(COc1cnc(-c2ccc(C(F)(F)F)cc2Cl)nc1)Nc1ccc(C(=O)NCCC(=O)O)cc1. The zero-order chi connectivity index (χ0) is 28.4. The quantitative estimate of drug-likeness (QED) is 0.231. The summed E-state index contributed by atoms with van der Waals surface area (Å²) in [6, 6.07) is 9.75. The van der Waals surface area contributed by atoms with Crippen LogP contribution in [0.5, 0.6) is 5.75 Å². The van der Waals surface area contributed by atoms with Gasteiger partial charge in [0, 0.05) is 23.4 Å². The number of aliphatic carboxylic acids is 1. The molecule has 8 nitrogen and oxygen atoms in total. The van der Waals surface area contributed by atoms with E-state index in [1.54, 1.807) is 24.3 Å². The lowest BCUT2D eigenvalue weighted by molar-refractivity contribution is -0.138. The summed E-state index contributed by atoms with van der Waals surface area (Å²) >= 11 is 6.04. The summed E-state index contributed by atoms with van der Waals surface area (Å²) in [5, 5.41) is 14.5. The second kappa shape index (κ2) is 13.8. The Labute approximate surface area is 228 Å². The molecule has 0 saturated heterocycles. The smallest absolute Gasteiger partial charge is 0.416 e. The van der Waals surface area contributed by atoms with Gasteiger partial charge in [0.15, 0.2) is 11.6 Å². The average Bonchev–Trinajstić information content (AvgIpc) is 2.90. The first-order valence-corrected chi connectivity index (χ1v) is 12.6. The molecule has 0 aliphatic heterocycles. The molecule has 39 heavy (non-hydrogen) atoms. The van der Waals surface area contributed by atoms with Gasteiger partial charge in [0.2, 0.25) is 0 Å². The molecule has 1 atom stereocenters. The normalized spacial score (nSPS) is 12.0. The van der Waals surface area contributed by atoms with Crippen LogP contribution in [0.2, 0.25) is 5.02 Å². The number of rotatable bonds is 13. The Hall–Kier alpha value is -3.86. The van der Waals surface area contributed by atoms with Crippen molar-refractivity contribution in [3.63, 3.8) is 0 Å². The number of hydrogen-bond donors (Lipinski definition) is 3. The molecule has 1 unspecified atom stereocenters. The minimum absolute atomic E-state index is 0.0483. The molecular formula is C27H28ClF3N4O4. The fourth-order valence-electron chi connectivity index (χ4n) is 3.59. The summed E-state index contributed by atoms with van der Waals surface area (Å²) in [6.45, 7) is 2.42. The van der Waals surface area contributed by atoms with Crippen LogP contribution in [0.1, 0.15) is 48.5 Å². The Balaban J connectivity index is 1.59. The summed E-state index contributed by atoms with van der Waals surface area (Å²) < 4.78 is 44.5. The highest BCUT2D eigenvalue weighted by Crippen LogP contribution is 2.34. The number of aromatic nitrogens is 2. The number of anilines is 1. The largest absolute Gasteiger partial charge is 0.488 e. The van der Waals surface area contributed by atoms with E-state index in [0.29, 0.717) is 17.9 Å². The number of carboxylic acids is 1. The van der Waals surface area contributed by atoms with E-state index in [9.17, 15) is 22.8 Å². The highest BCUT2D eigenvalue weighted by Gasteiger charge is 2.31. The van der Waals surface area contributed by atoms with Crippen LogP contribution in [-0.4, -0.2) is 46.1 Å². The van der Waals surface area contributed by atoms with Gasteiger partial charge in [-0.2, -0.15) is 13.2 Å². The third-order valence-electron chi connectivity index (χ3n) is 5.67. The summed E-state index contributed by atoms with van der Waals surface area (Å²) in [6.07, 6.45) is 0.973. The van der Waals surface area contributed by atoms with Gasteiger partial charge in [-0.1, -0.05) is 31.4 Å². The topological polar surface area (TPSA) is 113 Å². The fourth-order valence-corrected chi connectivity index (χ4v) is 3.85. The second-order valence-electron chi connectivity index (χ2n) is 8.71. The highest BCUT2D eigenvalue weighted by atomic mass is 35.5. The van der Waals surface area contributed by atoms with Crippen molar-refractivity contribution in [1.29, 1.82) is 0 Å². The fraction of sp³-hybridized carbons (Fsp3) is 0.333. The van der Waals surface area contributed by atoms with Gasteiger partial charge in [0.25, 0.3) is 5.91 Å². The molecule has 0 spiro atoms. The number of hydrogen-bond acceptors (Lipinski definition) is 6. The van der Waals surface area contributed by atoms with Gasteiger partial charge in [0.05, 0.1) is 35.4 Å². The average molecular weight is 565 g/mol. The lowest BCUT2D eigenvalue weighted by atomic mass is 10.1. The van der Waals surface area contributed by atoms with Crippen LogP contribution < -0.4 is 15.4 Å². The summed E-state index contributed by atoms with van der Waals surface area (Å²) in [5.41, 5.74) is 0.621. The molecule has 0 saturated carbocycles. The van der Waals surface area contributed by atoms with E-state index < -0.39 is 17.7 Å². The number of carbonyl (C=O) groups is 2. The first-order chi connectivity index (χ1) is 18.6. The van der Waals surface area contributed by atoms with E-state index >= 15 is 0 Å². The molecule has 3 N–H and O–H groups in total. The Morgan fingerprint density at radius 2 is 1.79 bits per heavy atom. The van der Waals surface area contributed by atoms with Crippen molar-refractivity contribution in [2.75, 3.05) is 18.5 Å². The van der Waals surface area contributed by atoms with E-state index in [0.717, 1.165) is 37.1 Å². The van der Waals surface area contributed by atoms with Crippen molar-refractivity contribution in [2.24, 2.45) is 0 Å². The van der Waals surface area contributed by atoms with E-state index in [1.165, 1.54) is 18.5 Å². The molecule has 1 aromatic heterocycles. The molecule has 0 radical (unpaired) electrons. The number of halogens is 4. The number of benzene rings is 2. The minimum Gasteiger partial charge on any atom is -0.488 e. The number of nitrogens with zero attached hydrogens (tertiary/aromatic N) is 2. The number of unbranched alkanes of at least 4 members (excludes halogenated alkanes) is 1. The molecule has 0 fully saturated rings. The molecule has 208 valence electrons. The number of alkyl halides is 3. The zero-order valence-electron chi connectivity index (χ0n) is 21.1. The molecule has 2 aromatic carbocycles. The molecule has 0 aliphatic carbocycles. The highest BCUT2D eigenvalue weighted by molar-refractivity contribution is 6.33. The molecule has 0 aliphatic rings. The van der Waals surface area contributed by atoms with E-state index in [1.807, 2.05) is 0 Å². The van der Waals surface area contributed by atoms with Crippen LogP contribution in [0, 0.1) is 0 Å². The van der Waals surface area contributed by atoms with Crippen molar-refractivity contribution < 1.29 is 32.6 Å². The van der Waals surface area contributed by atoms with Gasteiger partial charge in [-0.05, 0) is 48.9 Å². The van der Waals surface area contributed by atoms with Crippen LogP contribution in [0.4, 0.5) is 18.9 Å². The summed E-state index contributed by atoms with van der Waals surface area (Å²) in [4.78, 5) is 31.1. The van der Waals surface area contributed by atoms with Gasteiger partial charge in [-0.15, -0.1) is 0 Å². The van der Waals surface area contributed by atoms with Gasteiger partial charge < -0.3 is 20.5 Å². The molecule has 1 heterocycles.